The number of rotatable bonds is 7. The van der Waals surface area contributed by atoms with Crippen molar-refractivity contribution in [1.82, 2.24) is 16.0 Å². The van der Waals surface area contributed by atoms with Gasteiger partial charge in [0.2, 0.25) is 0 Å². The number of benzene rings is 2. The largest absolute Gasteiger partial charge is 0.381 e. The number of ether oxygens (including phenoxy) is 1. The molecule has 5 nitrogen and oxygen atoms in total. The summed E-state index contributed by atoms with van der Waals surface area (Å²) in [5.41, 5.74) is 2.21. The maximum Gasteiger partial charge on any atom is 0.191 e. The van der Waals surface area contributed by atoms with E-state index in [2.05, 4.69) is 52.1 Å². The Kier molecular flexibility index (Phi) is 10.0. The predicted octanol–water partition coefficient (Wildman–Crippen LogP) is 4.01. The van der Waals surface area contributed by atoms with E-state index < -0.39 is 0 Å². The summed E-state index contributed by atoms with van der Waals surface area (Å²) in [5.74, 6) is 0.505. The van der Waals surface area contributed by atoms with Crippen LogP contribution < -0.4 is 16.0 Å². The summed E-state index contributed by atoms with van der Waals surface area (Å²) in [6.07, 6.45) is 1.87. The molecule has 2 aromatic carbocycles. The standard InChI is InChI=1S/C23H31FN4O.HI/c1-18(20-6-4-3-5-7-20)28-23(12-14-29-15-13-23)17-27-22(25-2)26-16-19-8-10-21(24)11-9-19;/h3-11,18,28H,12-17H2,1-2H3,(H2,25,26,27);1H. The monoisotopic (exact) mass is 526 g/mol. The highest BCUT2D eigenvalue weighted by Gasteiger charge is 2.34. The maximum atomic E-state index is 13.1. The van der Waals surface area contributed by atoms with Gasteiger partial charge in [-0.25, -0.2) is 4.39 Å². The van der Waals surface area contributed by atoms with Crippen molar-refractivity contribution in [2.75, 3.05) is 26.8 Å². The van der Waals surface area contributed by atoms with Gasteiger partial charge in [0.15, 0.2) is 5.96 Å². The Morgan fingerprint density at radius 1 is 1.07 bits per heavy atom. The summed E-state index contributed by atoms with van der Waals surface area (Å²) in [6.45, 7) is 5.03. The van der Waals surface area contributed by atoms with Crippen LogP contribution in [-0.2, 0) is 11.3 Å². The third-order valence-electron chi connectivity index (χ3n) is 5.46. The van der Waals surface area contributed by atoms with Crippen molar-refractivity contribution in [3.63, 3.8) is 0 Å². The van der Waals surface area contributed by atoms with Crippen LogP contribution in [0, 0.1) is 5.82 Å². The van der Waals surface area contributed by atoms with E-state index >= 15 is 0 Å². The van der Waals surface area contributed by atoms with Gasteiger partial charge in [-0.1, -0.05) is 42.5 Å². The zero-order chi connectivity index (χ0) is 20.5. The normalized spacial score (nSPS) is 17.0. The van der Waals surface area contributed by atoms with Crippen molar-refractivity contribution in [3.8, 4) is 0 Å². The Morgan fingerprint density at radius 2 is 1.73 bits per heavy atom. The number of hydrogen-bond donors (Lipinski definition) is 3. The summed E-state index contributed by atoms with van der Waals surface area (Å²) >= 11 is 0. The molecule has 30 heavy (non-hydrogen) atoms. The summed E-state index contributed by atoms with van der Waals surface area (Å²) in [7, 11) is 1.76. The first-order chi connectivity index (χ1) is 14.1. The molecule has 0 spiro atoms. The van der Waals surface area contributed by atoms with Crippen molar-refractivity contribution in [2.24, 2.45) is 4.99 Å². The van der Waals surface area contributed by atoms with Gasteiger partial charge in [-0.3, -0.25) is 4.99 Å². The zero-order valence-corrected chi connectivity index (χ0v) is 20.0. The second kappa shape index (κ2) is 12.2. The molecule has 1 fully saturated rings. The number of halogens is 2. The molecule has 3 N–H and O–H groups in total. The van der Waals surface area contributed by atoms with Crippen LogP contribution in [0.1, 0.15) is 36.9 Å². The summed E-state index contributed by atoms with van der Waals surface area (Å²) in [4.78, 5) is 4.33. The highest BCUT2D eigenvalue weighted by atomic mass is 127. The minimum absolute atomic E-state index is 0. The molecule has 0 aliphatic carbocycles. The lowest BCUT2D eigenvalue weighted by Crippen LogP contribution is -2.58. The molecule has 1 unspecified atom stereocenters. The van der Waals surface area contributed by atoms with Crippen LogP contribution in [0.3, 0.4) is 0 Å². The van der Waals surface area contributed by atoms with Gasteiger partial charge in [0.1, 0.15) is 5.82 Å². The first-order valence-corrected chi connectivity index (χ1v) is 10.2. The second-order valence-corrected chi connectivity index (χ2v) is 7.58. The van der Waals surface area contributed by atoms with Crippen LogP contribution in [0.15, 0.2) is 59.6 Å². The lowest BCUT2D eigenvalue weighted by Gasteiger charge is -2.41. The number of nitrogens with zero attached hydrogens (tertiary/aromatic N) is 1. The molecule has 1 saturated heterocycles. The minimum atomic E-state index is -0.226. The summed E-state index contributed by atoms with van der Waals surface area (Å²) < 4.78 is 18.7. The Hall–Kier alpha value is -1.71. The second-order valence-electron chi connectivity index (χ2n) is 7.58. The van der Waals surface area contributed by atoms with E-state index in [0.717, 1.165) is 44.1 Å². The molecule has 0 saturated carbocycles. The van der Waals surface area contributed by atoms with Crippen LogP contribution >= 0.6 is 24.0 Å². The molecule has 0 radical (unpaired) electrons. The lowest BCUT2D eigenvalue weighted by atomic mass is 9.88. The van der Waals surface area contributed by atoms with Gasteiger partial charge >= 0.3 is 0 Å². The molecule has 2 aromatic rings. The Morgan fingerprint density at radius 3 is 2.37 bits per heavy atom. The topological polar surface area (TPSA) is 57.7 Å². The third kappa shape index (κ3) is 7.21. The summed E-state index contributed by atoms with van der Waals surface area (Å²) in [6, 6.07) is 17.2. The zero-order valence-electron chi connectivity index (χ0n) is 17.7. The number of nitrogens with one attached hydrogen (secondary N) is 3. The average Bonchev–Trinajstić information content (AvgIpc) is 2.76. The number of guanidine groups is 1. The SMILES string of the molecule is CN=C(NCc1ccc(F)cc1)NCC1(NC(C)c2ccccc2)CCOCC1.I. The van der Waals surface area contributed by atoms with Gasteiger partial charge in [-0.2, -0.15) is 0 Å². The van der Waals surface area contributed by atoms with E-state index in [-0.39, 0.29) is 41.4 Å². The Bertz CT molecular complexity index is 780. The maximum absolute atomic E-state index is 13.1. The molecule has 164 valence electrons. The molecule has 1 atom stereocenters. The fourth-order valence-electron chi connectivity index (χ4n) is 3.68. The van der Waals surface area contributed by atoms with Crippen LogP contribution in [-0.4, -0.2) is 38.3 Å². The van der Waals surface area contributed by atoms with Gasteiger partial charge in [-0.15, -0.1) is 24.0 Å². The molecule has 0 bridgehead atoms. The van der Waals surface area contributed by atoms with Gasteiger partial charge in [0.05, 0.1) is 0 Å². The van der Waals surface area contributed by atoms with Crippen LogP contribution in [0.4, 0.5) is 4.39 Å². The van der Waals surface area contributed by atoms with E-state index in [0.29, 0.717) is 6.54 Å². The highest BCUT2D eigenvalue weighted by Crippen LogP contribution is 2.25. The summed E-state index contributed by atoms with van der Waals surface area (Å²) in [5, 5.41) is 10.6. The molecule has 0 amide bonds. The number of hydrogen-bond acceptors (Lipinski definition) is 3. The first kappa shape index (κ1) is 24.6. The Balaban J connectivity index is 0.00000320. The predicted molar refractivity (Wildman–Crippen MR) is 131 cm³/mol. The van der Waals surface area contributed by atoms with E-state index in [1.54, 1.807) is 19.2 Å². The van der Waals surface area contributed by atoms with Crippen molar-refractivity contribution in [1.29, 1.82) is 0 Å². The van der Waals surface area contributed by atoms with Gasteiger partial charge in [-0.05, 0) is 43.0 Å². The smallest absolute Gasteiger partial charge is 0.191 e. The van der Waals surface area contributed by atoms with Gasteiger partial charge < -0.3 is 20.7 Å². The fourth-order valence-corrected chi connectivity index (χ4v) is 3.68. The molecule has 0 aromatic heterocycles. The van der Waals surface area contributed by atoms with Gasteiger partial charge in [0.25, 0.3) is 0 Å². The fraction of sp³-hybridized carbons (Fsp3) is 0.435. The quantitative estimate of drug-likeness (QED) is 0.290. The van der Waals surface area contributed by atoms with Crippen LogP contribution in [0.25, 0.3) is 0 Å². The molecule has 1 heterocycles. The minimum Gasteiger partial charge on any atom is -0.381 e. The van der Waals surface area contributed by atoms with E-state index in [9.17, 15) is 4.39 Å². The molecular formula is C23H32FIN4O. The van der Waals surface area contributed by atoms with E-state index in [1.165, 1.54) is 17.7 Å². The number of aliphatic imine (C=N–C) groups is 1. The van der Waals surface area contributed by atoms with E-state index in [1.807, 2.05) is 6.07 Å². The first-order valence-electron chi connectivity index (χ1n) is 10.2. The van der Waals surface area contributed by atoms with Gasteiger partial charge in [0, 0.05) is 44.9 Å². The molecule has 1 aliphatic heterocycles. The molecule has 7 heteroatoms. The van der Waals surface area contributed by atoms with Crippen molar-refractivity contribution in [2.45, 2.75) is 37.9 Å². The molecule has 3 rings (SSSR count). The average molecular weight is 526 g/mol. The van der Waals surface area contributed by atoms with Crippen molar-refractivity contribution in [3.05, 3.63) is 71.5 Å². The Labute approximate surface area is 195 Å². The van der Waals surface area contributed by atoms with Crippen LogP contribution in [0.2, 0.25) is 0 Å². The van der Waals surface area contributed by atoms with E-state index in [4.69, 9.17) is 4.74 Å². The molecular weight excluding hydrogens is 494 g/mol. The molecule has 1 aliphatic rings. The van der Waals surface area contributed by atoms with Crippen molar-refractivity contribution >= 4 is 29.9 Å². The van der Waals surface area contributed by atoms with Crippen LogP contribution in [0.5, 0.6) is 0 Å². The third-order valence-corrected chi connectivity index (χ3v) is 5.46. The lowest BCUT2D eigenvalue weighted by molar-refractivity contribution is 0.0355. The highest BCUT2D eigenvalue weighted by molar-refractivity contribution is 14.0. The van der Waals surface area contributed by atoms with Crippen molar-refractivity contribution < 1.29 is 9.13 Å².